The molecule has 0 N–H and O–H groups in total. The molecule has 0 unspecified atom stereocenters. The van der Waals surface area contributed by atoms with Gasteiger partial charge in [0.25, 0.3) is 0 Å². The van der Waals surface area contributed by atoms with E-state index in [2.05, 4.69) is 16.9 Å². The molecule has 1 aliphatic heterocycles. The molecule has 0 saturated carbocycles. The summed E-state index contributed by atoms with van der Waals surface area (Å²) < 4.78 is 0. The molecule has 0 spiro atoms. The lowest BCUT2D eigenvalue weighted by Gasteiger charge is -2.06. The summed E-state index contributed by atoms with van der Waals surface area (Å²) in [4.78, 5) is 8.33. The largest absolute Gasteiger partial charge is 0.286 e. The van der Waals surface area contributed by atoms with Gasteiger partial charge in [-0.3, -0.25) is 9.98 Å². The van der Waals surface area contributed by atoms with Gasteiger partial charge in [0.05, 0.1) is 12.6 Å². The summed E-state index contributed by atoms with van der Waals surface area (Å²) in [6.45, 7) is 4.89. The number of aliphatic imine (C=N–C) groups is 2. The van der Waals surface area contributed by atoms with E-state index in [1.54, 1.807) is 0 Å². The molecule has 0 bridgehead atoms. The van der Waals surface area contributed by atoms with E-state index in [1.807, 2.05) is 13.1 Å². The molecule has 2 nitrogen and oxygen atoms in total. The fourth-order valence-electron chi connectivity index (χ4n) is 0.599. The molecule has 0 radical (unpaired) electrons. The van der Waals surface area contributed by atoms with Gasteiger partial charge >= 0.3 is 0 Å². The summed E-state index contributed by atoms with van der Waals surface area (Å²) >= 11 is 0. The topological polar surface area (TPSA) is 24.7 Å². The third-order valence-corrected chi connectivity index (χ3v) is 1.12. The first-order valence-corrected chi connectivity index (χ1v) is 2.83. The maximum atomic E-state index is 4.18. The molecule has 1 rings (SSSR count). The van der Waals surface area contributed by atoms with Gasteiger partial charge in [-0.2, -0.15) is 0 Å². The van der Waals surface area contributed by atoms with Gasteiger partial charge < -0.3 is 0 Å². The molecule has 0 aromatic heterocycles. The van der Waals surface area contributed by atoms with Crippen molar-refractivity contribution in [2.45, 2.75) is 19.9 Å². The van der Waals surface area contributed by atoms with Gasteiger partial charge in [-0.05, 0) is 13.8 Å². The Morgan fingerprint density at radius 3 is 2.88 bits per heavy atom. The first kappa shape index (κ1) is 5.48. The molecule has 0 aromatic rings. The van der Waals surface area contributed by atoms with Gasteiger partial charge in [-0.25, -0.2) is 0 Å². The van der Waals surface area contributed by atoms with Crippen LogP contribution in [0.1, 0.15) is 13.8 Å². The van der Waals surface area contributed by atoms with E-state index in [4.69, 9.17) is 0 Å². The van der Waals surface area contributed by atoms with Crippen LogP contribution in [-0.2, 0) is 0 Å². The van der Waals surface area contributed by atoms with Crippen LogP contribution < -0.4 is 0 Å². The maximum absolute atomic E-state index is 4.18. The van der Waals surface area contributed by atoms with Gasteiger partial charge in [0.15, 0.2) is 0 Å². The van der Waals surface area contributed by atoms with Crippen molar-refractivity contribution in [3.05, 3.63) is 0 Å². The summed E-state index contributed by atoms with van der Waals surface area (Å²) in [6, 6.07) is 0.402. The average molecular weight is 110 g/mol. The number of hydrogen-bond donors (Lipinski definition) is 0. The van der Waals surface area contributed by atoms with Crippen LogP contribution in [0.2, 0.25) is 0 Å². The van der Waals surface area contributed by atoms with Crippen LogP contribution in [0.25, 0.3) is 0 Å². The van der Waals surface area contributed by atoms with Crippen molar-refractivity contribution in [3.63, 3.8) is 0 Å². The van der Waals surface area contributed by atoms with Crippen LogP contribution in [-0.4, -0.2) is 24.5 Å². The zero-order valence-electron chi connectivity index (χ0n) is 5.26. The third kappa shape index (κ3) is 1.15. The van der Waals surface area contributed by atoms with Crippen molar-refractivity contribution >= 4 is 11.9 Å². The van der Waals surface area contributed by atoms with Crippen LogP contribution in [0.5, 0.6) is 0 Å². The molecule has 0 saturated heterocycles. The Hall–Kier alpha value is -0.660. The fraction of sp³-hybridized carbons (Fsp3) is 0.667. The van der Waals surface area contributed by atoms with Crippen LogP contribution in [0.4, 0.5) is 0 Å². The Balaban J connectivity index is 2.58. The van der Waals surface area contributed by atoms with Gasteiger partial charge in [-0.15, -0.1) is 0 Å². The molecule has 1 aliphatic rings. The highest BCUT2D eigenvalue weighted by molar-refractivity contribution is 6.29. The predicted molar refractivity (Wildman–Crippen MR) is 35.9 cm³/mol. The molecule has 2 heteroatoms. The minimum absolute atomic E-state index is 0.402. The quantitative estimate of drug-likeness (QED) is 0.443. The molecule has 0 fully saturated rings. The van der Waals surface area contributed by atoms with Gasteiger partial charge in [0.2, 0.25) is 0 Å². The Bertz CT molecular complexity index is 135. The molecule has 0 aromatic carbocycles. The summed E-state index contributed by atoms with van der Waals surface area (Å²) in [5.41, 5.74) is 1.04. The summed E-state index contributed by atoms with van der Waals surface area (Å²) in [7, 11) is 0. The van der Waals surface area contributed by atoms with E-state index in [0.717, 1.165) is 12.3 Å². The second-order valence-electron chi connectivity index (χ2n) is 2.11. The lowest BCUT2D eigenvalue weighted by atomic mass is 10.3. The van der Waals surface area contributed by atoms with Crippen molar-refractivity contribution in [1.82, 2.24) is 0 Å². The standard InChI is InChI=1S/C6H10N2/c1-5-3-8-6(2)4-7-5/h3,6H,4H2,1-2H3/t6-/m0/s1. The van der Waals surface area contributed by atoms with E-state index in [0.29, 0.717) is 6.04 Å². The maximum Gasteiger partial charge on any atom is 0.0667 e. The molecule has 0 aliphatic carbocycles. The second-order valence-corrected chi connectivity index (χ2v) is 2.11. The van der Waals surface area contributed by atoms with Crippen molar-refractivity contribution in [3.8, 4) is 0 Å². The van der Waals surface area contributed by atoms with E-state index in [9.17, 15) is 0 Å². The Labute approximate surface area is 49.3 Å². The Kier molecular flexibility index (Phi) is 1.42. The van der Waals surface area contributed by atoms with Crippen molar-refractivity contribution < 1.29 is 0 Å². The van der Waals surface area contributed by atoms with Crippen LogP contribution >= 0.6 is 0 Å². The summed E-state index contributed by atoms with van der Waals surface area (Å²) in [5.74, 6) is 0. The summed E-state index contributed by atoms with van der Waals surface area (Å²) in [6.07, 6.45) is 1.83. The molecule has 44 valence electrons. The monoisotopic (exact) mass is 110 g/mol. The number of nitrogens with zero attached hydrogens (tertiary/aromatic N) is 2. The normalized spacial score (nSPS) is 27.8. The van der Waals surface area contributed by atoms with Gasteiger partial charge in [0.1, 0.15) is 0 Å². The predicted octanol–water partition coefficient (Wildman–Crippen LogP) is 0.920. The van der Waals surface area contributed by atoms with E-state index >= 15 is 0 Å². The number of hydrogen-bond acceptors (Lipinski definition) is 2. The van der Waals surface area contributed by atoms with E-state index < -0.39 is 0 Å². The zero-order chi connectivity index (χ0) is 5.98. The molecule has 1 atom stereocenters. The smallest absolute Gasteiger partial charge is 0.0667 e. The van der Waals surface area contributed by atoms with Crippen LogP contribution in [0.3, 0.4) is 0 Å². The highest BCUT2D eigenvalue weighted by Crippen LogP contribution is 1.94. The van der Waals surface area contributed by atoms with Crippen molar-refractivity contribution in [2.24, 2.45) is 9.98 Å². The molecule has 1 heterocycles. The third-order valence-electron chi connectivity index (χ3n) is 1.12. The molecule has 8 heavy (non-hydrogen) atoms. The highest BCUT2D eigenvalue weighted by atomic mass is 14.9. The number of rotatable bonds is 0. The van der Waals surface area contributed by atoms with Crippen LogP contribution in [0.15, 0.2) is 9.98 Å². The zero-order valence-corrected chi connectivity index (χ0v) is 5.26. The Morgan fingerprint density at radius 2 is 2.50 bits per heavy atom. The first-order valence-electron chi connectivity index (χ1n) is 2.83. The Morgan fingerprint density at radius 1 is 1.75 bits per heavy atom. The van der Waals surface area contributed by atoms with E-state index in [-0.39, 0.29) is 0 Å². The summed E-state index contributed by atoms with van der Waals surface area (Å²) in [5, 5.41) is 0. The lowest BCUT2D eigenvalue weighted by molar-refractivity contribution is 0.753. The highest BCUT2D eigenvalue weighted by Gasteiger charge is 1.99. The second kappa shape index (κ2) is 2.07. The molecular formula is C6H10N2. The van der Waals surface area contributed by atoms with Crippen molar-refractivity contribution in [1.29, 1.82) is 0 Å². The van der Waals surface area contributed by atoms with Gasteiger partial charge in [0, 0.05) is 11.9 Å². The minimum Gasteiger partial charge on any atom is -0.286 e. The minimum atomic E-state index is 0.402. The van der Waals surface area contributed by atoms with E-state index in [1.165, 1.54) is 0 Å². The fourth-order valence-corrected chi connectivity index (χ4v) is 0.599. The SMILES string of the molecule is CC1=NC[C@H](C)N=C1. The average Bonchev–Trinajstić information content (AvgIpc) is 1.77. The van der Waals surface area contributed by atoms with Crippen molar-refractivity contribution in [2.75, 3.05) is 6.54 Å². The molecular weight excluding hydrogens is 100 g/mol. The first-order chi connectivity index (χ1) is 3.79. The molecule has 0 amide bonds. The van der Waals surface area contributed by atoms with Gasteiger partial charge in [-0.1, -0.05) is 0 Å². The lowest BCUT2D eigenvalue weighted by Crippen LogP contribution is -2.12. The van der Waals surface area contributed by atoms with Crippen LogP contribution in [0, 0.1) is 0 Å².